The molecule has 1 unspecified atom stereocenters. The van der Waals surface area contributed by atoms with Gasteiger partial charge in [0, 0.05) is 21.3 Å². The first-order chi connectivity index (χ1) is 12.6. The lowest BCUT2D eigenvalue weighted by Crippen LogP contribution is -2.07. The Bertz CT molecular complexity index is 979. The summed E-state index contributed by atoms with van der Waals surface area (Å²) in [5, 5.41) is 14.3. The molecule has 0 radical (unpaired) electrons. The Kier molecular flexibility index (Phi) is 4.20. The van der Waals surface area contributed by atoms with Crippen molar-refractivity contribution in [1.82, 2.24) is 9.78 Å². The molecule has 6 heteroatoms. The van der Waals surface area contributed by atoms with Gasteiger partial charge >= 0.3 is 5.97 Å². The highest BCUT2D eigenvalue weighted by Crippen LogP contribution is 2.51. The lowest BCUT2D eigenvalue weighted by atomic mass is 10.00. The Morgan fingerprint density at radius 3 is 2.62 bits per heavy atom. The van der Waals surface area contributed by atoms with Gasteiger partial charge in [-0.25, -0.2) is 9.48 Å². The van der Waals surface area contributed by atoms with E-state index in [9.17, 15) is 9.90 Å². The monoisotopic (exact) mass is 366 g/mol. The summed E-state index contributed by atoms with van der Waals surface area (Å²) in [6, 6.07) is 15.6. The molecule has 0 aliphatic carbocycles. The second-order valence-electron chi connectivity index (χ2n) is 6.04. The van der Waals surface area contributed by atoms with Gasteiger partial charge in [0.25, 0.3) is 0 Å². The smallest absolute Gasteiger partial charge is 0.356 e. The molecule has 2 aromatic carbocycles. The molecule has 1 N–H and O–H groups in total. The maximum absolute atomic E-state index is 11.9. The van der Waals surface area contributed by atoms with Crippen LogP contribution in [-0.2, 0) is 0 Å². The van der Waals surface area contributed by atoms with Gasteiger partial charge in [-0.1, -0.05) is 25.1 Å². The van der Waals surface area contributed by atoms with Gasteiger partial charge in [-0.15, -0.1) is 11.8 Å². The summed E-state index contributed by atoms with van der Waals surface area (Å²) >= 11 is 1.71. The van der Waals surface area contributed by atoms with Gasteiger partial charge in [-0.3, -0.25) is 0 Å². The van der Waals surface area contributed by atoms with Crippen molar-refractivity contribution >= 4 is 17.7 Å². The number of carboxylic acid groups (broad SMARTS) is 1. The van der Waals surface area contributed by atoms with Crippen molar-refractivity contribution in [3.05, 3.63) is 59.8 Å². The number of rotatable bonds is 4. The lowest BCUT2D eigenvalue weighted by molar-refractivity contribution is 0.0688. The van der Waals surface area contributed by atoms with Crippen molar-refractivity contribution in [1.29, 1.82) is 0 Å². The Morgan fingerprint density at radius 1 is 1.23 bits per heavy atom. The maximum Gasteiger partial charge on any atom is 0.356 e. The third kappa shape index (κ3) is 2.57. The number of aromatic carboxylic acids is 1. The molecule has 0 saturated carbocycles. The minimum absolute atomic E-state index is 0.0676. The van der Waals surface area contributed by atoms with Crippen LogP contribution < -0.4 is 4.74 Å². The molecule has 0 saturated heterocycles. The summed E-state index contributed by atoms with van der Waals surface area (Å²) in [5.41, 5.74) is 3.64. The molecule has 1 aromatic heterocycles. The van der Waals surface area contributed by atoms with E-state index < -0.39 is 5.97 Å². The highest BCUT2D eigenvalue weighted by atomic mass is 32.2. The van der Waals surface area contributed by atoms with Crippen molar-refractivity contribution in [2.75, 3.05) is 7.11 Å². The molecular weight excluding hydrogens is 348 g/mol. The zero-order valence-corrected chi connectivity index (χ0v) is 15.3. The lowest BCUT2D eigenvalue weighted by Gasteiger charge is -2.24. The van der Waals surface area contributed by atoms with Crippen LogP contribution in [0.15, 0.2) is 53.4 Å². The van der Waals surface area contributed by atoms with Crippen molar-refractivity contribution in [2.45, 2.75) is 23.5 Å². The standard InChI is InChI=1S/C20H18N2O3S/c1-3-15-17-18(20(23)24)21-22(12-8-10-13(25-2)11-9-12)19(17)14-6-4-5-7-16(14)26-15/h4-11,15H,3H2,1-2H3,(H,23,24). The summed E-state index contributed by atoms with van der Waals surface area (Å²) in [4.78, 5) is 13.0. The van der Waals surface area contributed by atoms with Gasteiger partial charge in [-0.05, 0) is 36.8 Å². The summed E-state index contributed by atoms with van der Waals surface area (Å²) < 4.78 is 6.97. The van der Waals surface area contributed by atoms with Crippen LogP contribution in [-0.4, -0.2) is 28.0 Å². The average Bonchev–Trinajstić information content (AvgIpc) is 3.08. The number of methoxy groups -OCH3 is 1. The highest BCUT2D eigenvalue weighted by Gasteiger charge is 2.34. The van der Waals surface area contributed by atoms with Crippen molar-refractivity contribution in [3.8, 4) is 22.7 Å². The van der Waals surface area contributed by atoms with Crippen LogP contribution in [0.2, 0.25) is 0 Å². The van der Waals surface area contributed by atoms with Gasteiger partial charge in [0.05, 0.1) is 18.5 Å². The molecule has 132 valence electrons. The van der Waals surface area contributed by atoms with Crippen LogP contribution in [0.25, 0.3) is 16.9 Å². The fourth-order valence-corrected chi connectivity index (χ4v) is 4.59. The molecule has 3 aromatic rings. The molecule has 2 heterocycles. The fourth-order valence-electron chi connectivity index (χ4n) is 3.33. The van der Waals surface area contributed by atoms with Gasteiger partial charge in [0.15, 0.2) is 5.69 Å². The van der Waals surface area contributed by atoms with Crippen LogP contribution in [0, 0.1) is 0 Å². The van der Waals surface area contributed by atoms with E-state index in [1.807, 2.05) is 42.5 Å². The molecule has 26 heavy (non-hydrogen) atoms. The number of hydrogen-bond acceptors (Lipinski definition) is 4. The van der Waals surface area contributed by atoms with Crippen LogP contribution in [0.1, 0.15) is 34.6 Å². The number of carbonyl (C=O) groups is 1. The Hall–Kier alpha value is -2.73. The fraction of sp³-hybridized carbons (Fsp3) is 0.200. The van der Waals surface area contributed by atoms with E-state index in [0.717, 1.165) is 39.6 Å². The molecule has 0 bridgehead atoms. The van der Waals surface area contributed by atoms with E-state index in [-0.39, 0.29) is 10.9 Å². The molecule has 1 aliphatic rings. The minimum Gasteiger partial charge on any atom is -0.497 e. The molecule has 5 nitrogen and oxygen atoms in total. The second kappa shape index (κ2) is 6.53. The van der Waals surface area contributed by atoms with E-state index in [4.69, 9.17) is 4.74 Å². The van der Waals surface area contributed by atoms with E-state index in [1.54, 1.807) is 23.6 Å². The normalized spacial score (nSPS) is 15.2. The third-order valence-electron chi connectivity index (χ3n) is 4.55. The first kappa shape index (κ1) is 16.7. The summed E-state index contributed by atoms with van der Waals surface area (Å²) in [7, 11) is 1.62. The van der Waals surface area contributed by atoms with Gasteiger partial charge in [0.2, 0.25) is 0 Å². The van der Waals surface area contributed by atoms with Gasteiger partial charge in [0.1, 0.15) is 5.75 Å². The zero-order chi connectivity index (χ0) is 18.3. The maximum atomic E-state index is 11.9. The van der Waals surface area contributed by atoms with Gasteiger partial charge < -0.3 is 9.84 Å². The number of hydrogen-bond donors (Lipinski definition) is 1. The van der Waals surface area contributed by atoms with E-state index in [2.05, 4.69) is 18.1 Å². The first-order valence-corrected chi connectivity index (χ1v) is 9.28. The number of nitrogens with zero attached hydrogens (tertiary/aromatic N) is 2. The number of carboxylic acids is 1. The van der Waals surface area contributed by atoms with Crippen LogP contribution in [0.3, 0.4) is 0 Å². The Morgan fingerprint density at radius 2 is 1.96 bits per heavy atom. The number of fused-ring (bicyclic) bond motifs is 3. The van der Waals surface area contributed by atoms with Crippen LogP contribution in [0.4, 0.5) is 0 Å². The highest BCUT2D eigenvalue weighted by molar-refractivity contribution is 7.99. The molecule has 4 rings (SSSR count). The number of ether oxygens (including phenoxy) is 1. The molecule has 1 aliphatic heterocycles. The zero-order valence-electron chi connectivity index (χ0n) is 14.5. The van der Waals surface area contributed by atoms with Crippen molar-refractivity contribution in [3.63, 3.8) is 0 Å². The van der Waals surface area contributed by atoms with Crippen LogP contribution >= 0.6 is 11.8 Å². The third-order valence-corrected chi connectivity index (χ3v) is 6.01. The average molecular weight is 366 g/mol. The summed E-state index contributed by atoms with van der Waals surface area (Å²) in [6.07, 6.45) is 0.834. The summed E-state index contributed by atoms with van der Waals surface area (Å²) in [5.74, 6) is -0.248. The number of benzene rings is 2. The number of thioether (sulfide) groups is 1. The van der Waals surface area contributed by atoms with E-state index in [1.165, 1.54) is 0 Å². The predicted molar refractivity (Wildman–Crippen MR) is 101 cm³/mol. The predicted octanol–water partition coefficient (Wildman–Crippen LogP) is 4.80. The minimum atomic E-state index is -0.994. The Balaban J connectivity index is 2.01. The quantitative estimate of drug-likeness (QED) is 0.718. The molecule has 0 spiro atoms. The number of aromatic nitrogens is 2. The first-order valence-electron chi connectivity index (χ1n) is 8.40. The molecule has 0 fully saturated rings. The Labute approximate surface area is 155 Å². The SMILES string of the molecule is CCC1Sc2ccccc2-c2c1c(C(=O)O)nn2-c1ccc(OC)cc1. The molecule has 1 atom stereocenters. The molecular formula is C20H18N2O3S. The van der Waals surface area contributed by atoms with Crippen molar-refractivity contribution < 1.29 is 14.6 Å². The topological polar surface area (TPSA) is 64.3 Å². The summed E-state index contributed by atoms with van der Waals surface area (Å²) in [6.45, 7) is 2.08. The van der Waals surface area contributed by atoms with Gasteiger partial charge in [-0.2, -0.15) is 5.10 Å². The molecule has 0 amide bonds. The second-order valence-corrected chi connectivity index (χ2v) is 7.28. The van der Waals surface area contributed by atoms with Crippen LogP contribution in [0.5, 0.6) is 5.75 Å². The largest absolute Gasteiger partial charge is 0.497 e. The van der Waals surface area contributed by atoms with Crippen molar-refractivity contribution in [2.24, 2.45) is 0 Å². The van der Waals surface area contributed by atoms with E-state index >= 15 is 0 Å². The van der Waals surface area contributed by atoms with E-state index in [0.29, 0.717) is 0 Å².